The Balaban J connectivity index is 1.89. The molecule has 2 amide bonds. The monoisotopic (exact) mass is 328 g/mol. The second-order valence-corrected chi connectivity index (χ2v) is 6.04. The summed E-state index contributed by atoms with van der Waals surface area (Å²) < 4.78 is 5.40. The molecule has 0 aliphatic carbocycles. The van der Waals surface area contributed by atoms with Gasteiger partial charge in [0.05, 0.1) is 25.3 Å². The summed E-state index contributed by atoms with van der Waals surface area (Å²) in [5.41, 5.74) is 5.84. The van der Waals surface area contributed by atoms with Crippen molar-refractivity contribution in [3.63, 3.8) is 0 Å². The molecule has 4 N–H and O–H groups in total. The second-order valence-electron chi connectivity index (χ2n) is 5.33. The number of nitrogens with one attached hydrogen (secondary N) is 1. The number of aliphatic hydroxyl groups is 1. The first-order valence-electron chi connectivity index (χ1n) is 6.96. The largest absolute Gasteiger partial charge is 0.384 e. The number of nitrogens with zero attached hydrogens (tertiary/aromatic N) is 2. The lowest BCUT2D eigenvalue weighted by Gasteiger charge is -2.30. The highest BCUT2D eigenvalue weighted by molar-refractivity contribution is 7.07. The Kier molecular flexibility index (Phi) is 5.83. The molecule has 1 saturated heterocycles. The van der Waals surface area contributed by atoms with Gasteiger partial charge in [0.1, 0.15) is 11.3 Å². The summed E-state index contributed by atoms with van der Waals surface area (Å²) >= 11 is 1.33. The third kappa shape index (κ3) is 5.02. The Bertz CT molecular complexity index is 510. The first-order valence-corrected chi connectivity index (χ1v) is 7.90. The quantitative estimate of drug-likeness (QED) is 0.604. The van der Waals surface area contributed by atoms with Crippen molar-refractivity contribution in [2.75, 3.05) is 39.4 Å². The standard InChI is InChI=1S/C13H20N4O4S/c14-11(18)1-2-17-3-4-21-8-13(20,7-17)6-15-12(19)10-5-22-9-16-10/h5,9,20H,1-4,6-8H2,(H2,14,18)(H,15,19). The van der Waals surface area contributed by atoms with Crippen molar-refractivity contribution >= 4 is 23.2 Å². The minimum absolute atomic E-state index is 0.0520. The van der Waals surface area contributed by atoms with Gasteiger partial charge in [-0.3, -0.25) is 14.5 Å². The normalized spacial score (nSPS) is 23.0. The van der Waals surface area contributed by atoms with Gasteiger partial charge >= 0.3 is 0 Å². The topological polar surface area (TPSA) is 118 Å². The van der Waals surface area contributed by atoms with Gasteiger partial charge in [-0.15, -0.1) is 11.3 Å². The lowest BCUT2D eigenvalue weighted by molar-refractivity contribution is -0.118. The van der Waals surface area contributed by atoms with Crippen LogP contribution in [-0.2, 0) is 9.53 Å². The Labute approximate surface area is 132 Å². The van der Waals surface area contributed by atoms with Crippen LogP contribution in [0.1, 0.15) is 16.9 Å². The van der Waals surface area contributed by atoms with Gasteiger partial charge in [-0.05, 0) is 0 Å². The van der Waals surface area contributed by atoms with E-state index in [1.165, 1.54) is 11.3 Å². The van der Waals surface area contributed by atoms with Crippen LogP contribution in [0.3, 0.4) is 0 Å². The van der Waals surface area contributed by atoms with E-state index in [0.29, 0.717) is 31.9 Å². The van der Waals surface area contributed by atoms with Crippen molar-refractivity contribution < 1.29 is 19.4 Å². The van der Waals surface area contributed by atoms with Crippen LogP contribution in [0.5, 0.6) is 0 Å². The average molecular weight is 328 g/mol. The minimum Gasteiger partial charge on any atom is -0.384 e. The average Bonchev–Trinajstić information content (AvgIpc) is 2.94. The molecule has 1 atom stereocenters. The minimum atomic E-state index is -1.21. The molecular weight excluding hydrogens is 308 g/mol. The van der Waals surface area contributed by atoms with E-state index in [1.807, 2.05) is 4.90 Å². The van der Waals surface area contributed by atoms with Gasteiger partial charge in [0, 0.05) is 31.4 Å². The highest BCUT2D eigenvalue weighted by Crippen LogP contribution is 2.12. The Hall–Kier alpha value is -1.55. The number of ether oxygens (including phenoxy) is 1. The smallest absolute Gasteiger partial charge is 0.270 e. The van der Waals surface area contributed by atoms with Crippen molar-refractivity contribution in [1.82, 2.24) is 15.2 Å². The summed E-state index contributed by atoms with van der Waals surface area (Å²) in [6, 6.07) is 0. The summed E-state index contributed by atoms with van der Waals surface area (Å²) in [5.74, 6) is -0.715. The van der Waals surface area contributed by atoms with Crippen LogP contribution >= 0.6 is 11.3 Å². The summed E-state index contributed by atoms with van der Waals surface area (Å²) in [6.45, 7) is 2.00. The van der Waals surface area contributed by atoms with E-state index >= 15 is 0 Å². The lowest BCUT2D eigenvalue weighted by atomic mass is 10.0. The molecule has 122 valence electrons. The van der Waals surface area contributed by atoms with Crippen molar-refractivity contribution in [3.8, 4) is 0 Å². The zero-order valence-electron chi connectivity index (χ0n) is 12.2. The number of carbonyl (C=O) groups is 2. The van der Waals surface area contributed by atoms with Crippen LogP contribution in [0.15, 0.2) is 10.9 Å². The van der Waals surface area contributed by atoms with Gasteiger partial charge < -0.3 is 20.9 Å². The number of hydrogen-bond donors (Lipinski definition) is 3. The molecule has 2 rings (SSSR count). The fourth-order valence-electron chi connectivity index (χ4n) is 2.22. The number of carbonyl (C=O) groups excluding carboxylic acids is 2. The molecule has 1 aliphatic heterocycles. The number of aromatic nitrogens is 1. The van der Waals surface area contributed by atoms with Crippen LogP contribution < -0.4 is 11.1 Å². The fraction of sp³-hybridized carbons (Fsp3) is 0.615. The van der Waals surface area contributed by atoms with Crippen molar-refractivity contribution in [3.05, 3.63) is 16.6 Å². The molecule has 1 unspecified atom stereocenters. The molecule has 0 spiro atoms. The second kappa shape index (κ2) is 7.63. The zero-order chi connectivity index (χ0) is 16.0. The molecule has 1 aromatic heterocycles. The van der Waals surface area contributed by atoms with E-state index in [2.05, 4.69) is 10.3 Å². The fourth-order valence-corrected chi connectivity index (χ4v) is 2.75. The molecule has 0 radical (unpaired) electrons. The van der Waals surface area contributed by atoms with Crippen molar-refractivity contribution in [2.24, 2.45) is 5.73 Å². The highest BCUT2D eigenvalue weighted by atomic mass is 32.1. The number of thiazole rings is 1. The summed E-state index contributed by atoms with van der Waals surface area (Å²) in [5, 5.41) is 14.9. The molecule has 2 heterocycles. The van der Waals surface area contributed by atoms with Crippen LogP contribution in [0.4, 0.5) is 0 Å². The molecule has 9 heteroatoms. The number of hydrogen-bond acceptors (Lipinski definition) is 7. The number of amides is 2. The van der Waals surface area contributed by atoms with E-state index < -0.39 is 5.60 Å². The van der Waals surface area contributed by atoms with Crippen LogP contribution in [0.25, 0.3) is 0 Å². The predicted molar refractivity (Wildman–Crippen MR) is 80.5 cm³/mol. The Morgan fingerprint density at radius 2 is 2.41 bits per heavy atom. The van der Waals surface area contributed by atoms with Crippen LogP contribution in [-0.4, -0.2) is 71.8 Å². The first-order chi connectivity index (χ1) is 10.5. The highest BCUT2D eigenvalue weighted by Gasteiger charge is 2.33. The van der Waals surface area contributed by atoms with Crippen LogP contribution in [0, 0.1) is 0 Å². The van der Waals surface area contributed by atoms with Gasteiger partial charge in [0.15, 0.2) is 0 Å². The summed E-state index contributed by atoms with van der Waals surface area (Å²) in [7, 11) is 0. The number of nitrogens with two attached hydrogens (primary N) is 1. The lowest BCUT2D eigenvalue weighted by Crippen LogP contribution is -2.52. The van der Waals surface area contributed by atoms with Gasteiger partial charge in [-0.25, -0.2) is 4.98 Å². The SMILES string of the molecule is NC(=O)CCN1CCOCC(O)(CNC(=O)c2cscn2)C1. The summed E-state index contributed by atoms with van der Waals surface area (Å²) in [6.07, 6.45) is 0.223. The third-order valence-corrected chi connectivity index (χ3v) is 3.94. The Morgan fingerprint density at radius 3 is 3.09 bits per heavy atom. The molecule has 1 fully saturated rings. The van der Waals surface area contributed by atoms with E-state index in [-0.39, 0.29) is 31.4 Å². The maximum absolute atomic E-state index is 11.9. The predicted octanol–water partition coefficient (Wildman–Crippen LogP) is -1.19. The molecule has 1 aliphatic rings. The van der Waals surface area contributed by atoms with Gasteiger partial charge in [-0.1, -0.05) is 0 Å². The van der Waals surface area contributed by atoms with E-state index in [9.17, 15) is 14.7 Å². The molecule has 0 aromatic carbocycles. The molecule has 22 heavy (non-hydrogen) atoms. The zero-order valence-corrected chi connectivity index (χ0v) is 13.0. The van der Waals surface area contributed by atoms with E-state index in [4.69, 9.17) is 10.5 Å². The van der Waals surface area contributed by atoms with Gasteiger partial charge in [0.25, 0.3) is 5.91 Å². The van der Waals surface area contributed by atoms with Crippen LogP contribution in [0.2, 0.25) is 0 Å². The van der Waals surface area contributed by atoms with E-state index in [0.717, 1.165) is 0 Å². The molecule has 0 saturated carbocycles. The molecule has 8 nitrogen and oxygen atoms in total. The van der Waals surface area contributed by atoms with Gasteiger partial charge in [0.2, 0.25) is 5.91 Å². The van der Waals surface area contributed by atoms with Crippen molar-refractivity contribution in [2.45, 2.75) is 12.0 Å². The first kappa shape index (κ1) is 16.8. The van der Waals surface area contributed by atoms with E-state index in [1.54, 1.807) is 10.9 Å². The number of rotatable bonds is 6. The number of β-amino-alcohol motifs (C(OH)–C–C–N with tert-alkyl or cyclic N) is 1. The van der Waals surface area contributed by atoms with Crippen molar-refractivity contribution in [1.29, 1.82) is 0 Å². The molecule has 1 aromatic rings. The Morgan fingerprint density at radius 1 is 1.59 bits per heavy atom. The third-order valence-electron chi connectivity index (χ3n) is 3.36. The maximum Gasteiger partial charge on any atom is 0.270 e. The van der Waals surface area contributed by atoms with Gasteiger partial charge in [-0.2, -0.15) is 0 Å². The molecular formula is C13H20N4O4S. The molecule has 0 bridgehead atoms. The summed E-state index contributed by atoms with van der Waals surface area (Å²) in [4.78, 5) is 28.6. The maximum atomic E-state index is 11.9. The number of primary amides is 1.